The number of nitrogens with zero attached hydrogens (tertiary/aromatic N) is 5. The molecule has 0 spiro atoms. The van der Waals surface area contributed by atoms with Gasteiger partial charge in [0.1, 0.15) is 17.8 Å². The van der Waals surface area contributed by atoms with E-state index in [1.165, 1.54) is 0 Å². The molecule has 1 aliphatic rings. The van der Waals surface area contributed by atoms with Gasteiger partial charge in [-0.05, 0) is 31.0 Å². The zero-order valence-electron chi connectivity index (χ0n) is 14.1. The Kier molecular flexibility index (Phi) is 4.05. The number of carbonyl (C=O) groups excluding carboxylic acids is 1. The minimum absolute atomic E-state index is 0.0595. The predicted octanol–water partition coefficient (Wildman–Crippen LogP) is 2.09. The number of anilines is 1. The van der Waals surface area contributed by atoms with Crippen molar-refractivity contribution in [2.75, 3.05) is 25.0 Å². The minimum Gasteiger partial charge on any atom is -0.356 e. The number of pyridine rings is 1. The molecule has 0 saturated carbocycles. The number of likely N-dealkylation sites (tertiary alicyclic amines) is 1. The second-order valence-electron chi connectivity index (χ2n) is 6.31. The van der Waals surface area contributed by atoms with Crippen LogP contribution in [0.5, 0.6) is 0 Å². The number of rotatable bonds is 3. The first-order valence-electron chi connectivity index (χ1n) is 8.44. The second kappa shape index (κ2) is 6.51. The number of aromatic nitrogens is 4. The minimum atomic E-state index is 0.0595. The van der Waals surface area contributed by atoms with Crippen LogP contribution in [-0.4, -0.2) is 56.9 Å². The first-order valence-corrected chi connectivity index (χ1v) is 8.44. The summed E-state index contributed by atoms with van der Waals surface area (Å²) in [6.07, 6.45) is 8.61. The average Bonchev–Trinajstić information content (AvgIpc) is 3.16. The molecule has 1 fully saturated rings. The molecule has 25 heavy (non-hydrogen) atoms. The maximum Gasteiger partial charge on any atom is 0.255 e. The summed E-state index contributed by atoms with van der Waals surface area (Å²) in [4.78, 5) is 32.5. The van der Waals surface area contributed by atoms with E-state index in [1.54, 1.807) is 24.8 Å². The molecular weight excluding hydrogens is 316 g/mol. The fraction of sp³-hybridized carbons (Fsp3) is 0.333. The van der Waals surface area contributed by atoms with Crippen molar-refractivity contribution in [2.45, 2.75) is 18.9 Å². The number of hydrogen-bond acceptors (Lipinski definition) is 5. The Morgan fingerprint density at radius 2 is 2.12 bits per heavy atom. The van der Waals surface area contributed by atoms with Gasteiger partial charge in [-0.15, -0.1) is 0 Å². The first-order chi connectivity index (χ1) is 12.2. The number of piperidine rings is 1. The van der Waals surface area contributed by atoms with Crippen molar-refractivity contribution in [3.05, 3.63) is 48.7 Å². The first kappa shape index (κ1) is 15.6. The number of hydrogen-bond donors (Lipinski definition) is 1. The lowest BCUT2D eigenvalue weighted by Crippen LogP contribution is -2.46. The van der Waals surface area contributed by atoms with Gasteiger partial charge in [0.05, 0.1) is 10.9 Å². The Labute approximate surface area is 145 Å². The normalized spacial score (nSPS) is 15.5. The molecule has 4 heterocycles. The third-order valence-corrected chi connectivity index (χ3v) is 4.87. The number of aromatic amines is 1. The van der Waals surface area contributed by atoms with Crippen molar-refractivity contribution in [1.29, 1.82) is 0 Å². The summed E-state index contributed by atoms with van der Waals surface area (Å²) >= 11 is 0. The lowest BCUT2D eigenvalue weighted by atomic mass is 10.0. The number of nitrogens with one attached hydrogen (secondary N) is 1. The molecule has 0 atom stereocenters. The molecule has 0 aromatic carbocycles. The zero-order valence-corrected chi connectivity index (χ0v) is 14.1. The Bertz CT molecular complexity index is 869. The summed E-state index contributed by atoms with van der Waals surface area (Å²) in [6, 6.07) is 5.97. The summed E-state index contributed by atoms with van der Waals surface area (Å²) in [5.74, 6) is 0.993. The average molecular weight is 336 g/mol. The van der Waals surface area contributed by atoms with Gasteiger partial charge in [-0.2, -0.15) is 0 Å². The predicted molar refractivity (Wildman–Crippen MR) is 95.5 cm³/mol. The van der Waals surface area contributed by atoms with Crippen molar-refractivity contribution >= 4 is 22.8 Å². The van der Waals surface area contributed by atoms with Crippen LogP contribution >= 0.6 is 0 Å². The second-order valence-corrected chi connectivity index (χ2v) is 6.31. The fourth-order valence-electron chi connectivity index (χ4n) is 3.44. The van der Waals surface area contributed by atoms with Gasteiger partial charge in [0.15, 0.2) is 0 Å². The molecule has 1 aliphatic heterocycles. The highest BCUT2D eigenvalue weighted by Gasteiger charge is 2.27. The van der Waals surface area contributed by atoms with Crippen molar-refractivity contribution in [2.24, 2.45) is 0 Å². The molecule has 0 bridgehead atoms. The number of fused-ring (bicyclic) bond motifs is 1. The van der Waals surface area contributed by atoms with Crippen LogP contribution in [0.15, 0.2) is 43.1 Å². The summed E-state index contributed by atoms with van der Waals surface area (Å²) < 4.78 is 0. The molecule has 1 amide bonds. The van der Waals surface area contributed by atoms with Gasteiger partial charge in [0.2, 0.25) is 0 Å². The lowest BCUT2D eigenvalue weighted by Gasteiger charge is -2.37. The van der Waals surface area contributed by atoms with Gasteiger partial charge in [0.25, 0.3) is 5.91 Å². The highest BCUT2D eigenvalue weighted by Crippen LogP contribution is 2.26. The molecule has 1 N–H and O–H groups in total. The van der Waals surface area contributed by atoms with E-state index in [9.17, 15) is 4.79 Å². The van der Waals surface area contributed by atoms with Crippen molar-refractivity contribution in [3.8, 4) is 0 Å². The monoisotopic (exact) mass is 336 g/mol. The van der Waals surface area contributed by atoms with E-state index in [4.69, 9.17) is 0 Å². The summed E-state index contributed by atoms with van der Waals surface area (Å²) in [6.45, 7) is 1.48. The van der Waals surface area contributed by atoms with Gasteiger partial charge < -0.3 is 14.8 Å². The Hall–Kier alpha value is -2.96. The molecule has 3 aromatic heterocycles. The van der Waals surface area contributed by atoms with Crippen LogP contribution in [0, 0.1) is 0 Å². The van der Waals surface area contributed by atoms with E-state index in [0.717, 1.165) is 42.8 Å². The van der Waals surface area contributed by atoms with Gasteiger partial charge in [0, 0.05) is 44.8 Å². The highest BCUT2D eigenvalue weighted by atomic mass is 16.2. The summed E-state index contributed by atoms with van der Waals surface area (Å²) in [5.41, 5.74) is 1.50. The smallest absolute Gasteiger partial charge is 0.255 e. The largest absolute Gasteiger partial charge is 0.356 e. The van der Waals surface area contributed by atoms with Gasteiger partial charge in [-0.3, -0.25) is 9.78 Å². The molecular formula is C18H20N6O. The zero-order chi connectivity index (χ0) is 17.2. The van der Waals surface area contributed by atoms with E-state index in [2.05, 4.69) is 31.9 Å². The fourth-order valence-corrected chi connectivity index (χ4v) is 3.44. The van der Waals surface area contributed by atoms with Crippen LogP contribution in [0.3, 0.4) is 0 Å². The van der Waals surface area contributed by atoms with Gasteiger partial charge >= 0.3 is 0 Å². The van der Waals surface area contributed by atoms with Crippen LogP contribution in [0.25, 0.3) is 11.0 Å². The van der Waals surface area contributed by atoms with Crippen LogP contribution in [0.2, 0.25) is 0 Å². The molecule has 4 rings (SSSR count). The number of carbonyl (C=O) groups is 1. The van der Waals surface area contributed by atoms with Gasteiger partial charge in [-0.1, -0.05) is 0 Å². The van der Waals surface area contributed by atoms with E-state index >= 15 is 0 Å². The van der Waals surface area contributed by atoms with E-state index in [1.807, 2.05) is 23.2 Å². The summed E-state index contributed by atoms with van der Waals surface area (Å²) in [5, 5.41) is 1.03. The summed E-state index contributed by atoms with van der Waals surface area (Å²) in [7, 11) is 2.07. The quantitative estimate of drug-likeness (QED) is 0.792. The van der Waals surface area contributed by atoms with Crippen LogP contribution in [0.1, 0.15) is 23.2 Å². The van der Waals surface area contributed by atoms with Crippen molar-refractivity contribution in [3.63, 3.8) is 0 Å². The van der Waals surface area contributed by atoms with Crippen LogP contribution in [0.4, 0.5) is 5.82 Å². The highest BCUT2D eigenvalue weighted by molar-refractivity contribution is 5.94. The standard InChI is InChI=1S/C18H20N6O/c1-23(17-15-4-8-20-16(15)21-12-22-17)14-5-9-24(10-6-14)18(25)13-3-2-7-19-11-13/h2-4,7-8,11-12,14H,5-6,9-10H2,1H3,(H,20,21,22). The number of H-pyrrole nitrogens is 1. The molecule has 7 nitrogen and oxygen atoms in total. The number of amides is 1. The van der Waals surface area contributed by atoms with E-state index in [-0.39, 0.29) is 5.91 Å². The SMILES string of the molecule is CN(c1ncnc2[nH]ccc12)C1CCN(C(=O)c2cccnc2)CC1. The van der Waals surface area contributed by atoms with Crippen LogP contribution < -0.4 is 4.90 Å². The van der Waals surface area contributed by atoms with Crippen molar-refractivity contribution in [1.82, 2.24) is 24.8 Å². The molecule has 1 saturated heterocycles. The lowest BCUT2D eigenvalue weighted by molar-refractivity contribution is 0.0713. The Morgan fingerprint density at radius 3 is 2.88 bits per heavy atom. The van der Waals surface area contributed by atoms with Gasteiger partial charge in [-0.25, -0.2) is 9.97 Å². The molecule has 3 aromatic rings. The molecule has 0 radical (unpaired) electrons. The Balaban J connectivity index is 1.45. The topological polar surface area (TPSA) is 78.0 Å². The maximum absolute atomic E-state index is 12.5. The van der Waals surface area contributed by atoms with Crippen LogP contribution in [-0.2, 0) is 0 Å². The molecule has 0 aliphatic carbocycles. The maximum atomic E-state index is 12.5. The van der Waals surface area contributed by atoms with Crippen molar-refractivity contribution < 1.29 is 4.79 Å². The third-order valence-electron chi connectivity index (χ3n) is 4.87. The van der Waals surface area contributed by atoms with E-state index in [0.29, 0.717) is 11.6 Å². The third kappa shape index (κ3) is 2.93. The van der Waals surface area contributed by atoms with E-state index < -0.39 is 0 Å². The molecule has 0 unspecified atom stereocenters. The molecule has 128 valence electrons. The molecule has 7 heteroatoms. The Morgan fingerprint density at radius 1 is 1.28 bits per heavy atom.